The molecule has 1 aliphatic rings. The van der Waals surface area contributed by atoms with Crippen molar-refractivity contribution in [2.45, 2.75) is 46.7 Å². The predicted octanol–water partition coefficient (Wildman–Crippen LogP) is 4.22. The first-order valence-electron chi connectivity index (χ1n) is 10.4. The summed E-state index contributed by atoms with van der Waals surface area (Å²) in [4.78, 5) is 17.9. The van der Waals surface area contributed by atoms with E-state index in [4.69, 9.17) is 9.47 Å². The van der Waals surface area contributed by atoms with Crippen LogP contribution in [0.1, 0.15) is 61.4 Å². The molecule has 3 aromatic rings. The first-order chi connectivity index (χ1) is 14.3. The van der Waals surface area contributed by atoms with Crippen LogP contribution >= 0.6 is 0 Å². The zero-order chi connectivity index (χ0) is 21.4. The van der Waals surface area contributed by atoms with Gasteiger partial charge in [0.2, 0.25) is 0 Å². The number of aromatic nitrogens is 3. The SMILES string of the molecule is Cc1cc(C(=O)NC(c2ccc3c(c2)OCCO3)C(C)C)c2cnn(C(C)C)c2n1. The van der Waals surface area contributed by atoms with E-state index in [-0.39, 0.29) is 23.9 Å². The molecule has 2 aromatic heterocycles. The summed E-state index contributed by atoms with van der Waals surface area (Å²) in [6.07, 6.45) is 1.73. The second kappa shape index (κ2) is 7.97. The number of nitrogens with zero attached hydrogens (tertiary/aromatic N) is 3. The molecule has 0 saturated carbocycles. The van der Waals surface area contributed by atoms with Crippen LogP contribution in [0.2, 0.25) is 0 Å². The van der Waals surface area contributed by atoms with Crippen molar-refractivity contribution >= 4 is 16.9 Å². The molecule has 1 amide bonds. The summed E-state index contributed by atoms with van der Waals surface area (Å²) >= 11 is 0. The van der Waals surface area contributed by atoms with Gasteiger partial charge in [-0.3, -0.25) is 4.79 Å². The minimum atomic E-state index is -0.169. The molecule has 4 rings (SSSR count). The largest absolute Gasteiger partial charge is 0.486 e. The van der Waals surface area contributed by atoms with E-state index in [2.05, 4.69) is 29.2 Å². The lowest BCUT2D eigenvalue weighted by Gasteiger charge is -2.25. The van der Waals surface area contributed by atoms with E-state index in [1.54, 1.807) is 6.20 Å². The molecular formula is C23H28N4O3. The first-order valence-corrected chi connectivity index (χ1v) is 10.4. The number of hydrogen-bond donors (Lipinski definition) is 1. The van der Waals surface area contributed by atoms with Crippen molar-refractivity contribution in [3.63, 3.8) is 0 Å². The summed E-state index contributed by atoms with van der Waals surface area (Å²) in [5.74, 6) is 1.51. The predicted molar refractivity (Wildman–Crippen MR) is 115 cm³/mol. The fourth-order valence-electron chi connectivity index (χ4n) is 3.82. The number of pyridine rings is 1. The number of carbonyl (C=O) groups excluding carboxylic acids is 1. The standard InChI is InChI=1S/C23H28N4O3/c1-13(2)21(16-6-7-19-20(11-16)30-9-8-29-19)26-23(28)17-10-15(5)25-22-18(17)12-24-27(22)14(3)4/h6-7,10-14,21H,8-9H2,1-5H3,(H,26,28). The minimum Gasteiger partial charge on any atom is -0.486 e. The molecule has 1 atom stereocenters. The van der Waals surface area contributed by atoms with Crippen LogP contribution in [0.5, 0.6) is 11.5 Å². The van der Waals surface area contributed by atoms with Crippen molar-refractivity contribution in [1.29, 1.82) is 0 Å². The van der Waals surface area contributed by atoms with Gasteiger partial charge in [-0.15, -0.1) is 0 Å². The highest BCUT2D eigenvalue weighted by Gasteiger charge is 2.24. The fraction of sp³-hybridized carbons (Fsp3) is 0.435. The smallest absolute Gasteiger partial charge is 0.252 e. The van der Waals surface area contributed by atoms with Crippen LogP contribution < -0.4 is 14.8 Å². The summed E-state index contributed by atoms with van der Waals surface area (Å²) in [5, 5.41) is 8.42. The Hall–Kier alpha value is -3.09. The summed E-state index contributed by atoms with van der Waals surface area (Å²) in [5.41, 5.74) is 3.10. The lowest BCUT2D eigenvalue weighted by atomic mass is 9.95. The number of rotatable bonds is 5. The Kier molecular flexibility index (Phi) is 5.37. The molecule has 7 nitrogen and oxygen atoms in total. The Morgan fingerprint density at radius 2 is 1.83 bits per heavy atom. The van der Waals surface area contributed by atoms with E-state index in [1.807, 2.05) is 49.7 Å². The summed E-state index contributed by atoms with van der Waals surface area (Å²) in [6.45, 7) is 11.3. The van der Waals surface area contributed by atoms with E-state index < -0.39 is 0 Å². The zero-order valence-electron chi connectivity index (χ0n) is 18.1. The van der Waals surface area contributed by atoms with Gasteiger partial charge in [-0.05, 0) is 50.5 Å². The molecule has 0 aliphatic carbocycles. The average Bonchev–Trinajstić information content (AvgIpc) is 3.14. The molecule has 0 fully saturated rings. The molecular weight excluding hydrogens is 380 g/mol. The third-order valence-electron chi connectivity index (χ3n) is 5.31. The maximum atomic E-state index is 13.3. The van der Waals surface area contributed by atoms with E-state index in [1.165, 1.54) is 0 Å². The van der Waals surface area contributed by atoms with Gasteiger partial charge in [-0.1, -0.05) is 19.9 Å². The Bertz CT molecular complexity index is 1090. The molecule has 0 radical (unpaired) electrons. The normalized spacial score (nSPS) is 14.4. The van der Waals surface area contributed by atoms with Gasteiger partial charge < -0.3 is 14.8 Å². The van der Waals surface area contributed by atoms with Gasteiger partial charge in [0.1, 0.15) is 13.2 Å². The minimum absolute atomic E-state index is 0.137. The molecule has 1 N–H and O–H groups in total. The average molecular weight is 409 g/mol. The second-order valence-electron chi connectivity index (χ2n) is 8.33. The van der Waals surface area contributed by atoms with Crippen LogP contribution in [0, 0.1) is 12.8 Å². The third-order valence-corrected chi connectivity index (χ3v) is 5.31. The Balaban J connectivity index is 1.68. The van der Waals surface area contributed by atoms with Crippen molar-refractivity contribution in [3.05, 3.63) is 47.3 Å². The van der Waals surface area contributed by atoms with Crippen LogP contribution in [0.3, 0.4) is 0 Å². The van der Waals surface area contributed by atoms with Crippen molar-refractivity contribution in [1.82, 2.24) is 20.1 Å². The number of nitrogens with one attached hydrogen (secondary N) is 1. The van der Waals surface area contributed by atoms with Crippen molar-refractivity contribution in [2.24, 2.45) is 5.92 Å². The number of hydrogen-bond acceptors (Lipinski definition) is 5. The molecule has 0 bridgehead atoms. The number of carbonyl (C=O) groups is 1. The molecule has 1 unspecified atom stereocenters. The fourth-order valence-corrected chi connectivity index (χ4v) is 3.82. The summed E-state index contributed by atoms with van der Waals surface area (Å²) in [6, 6.07) is 7.68. The van der Waals surface area contributed by atoms with Crippen molar-refractivity contribution in [2.75, 3.05) is 13.2 Å². The van der Waals surface area contributed by atoms with Crippen LogP contribution in [-0.4, -0.2) is 33.9 Å². The van der Waals surface area contributed by atoms with E-state index in [0.717, 1.165) is 33.8 Å². The summed E-state index contributed by atoms with van der Waals surface area (Å²) in [7, 11) is 0. The quantitative estimate of drug-likeness (QED) is 0.684. The second-order valence-corrected chi connectivity index (χ2v) is 8.33. The summed E-state index contributed by atoms with van der Waals surface area (Å²) < 4.78 is 13.2. The zero-order valence-corrected chi connectivity index (χ0v) is 18.1. The maximum Gasteiger partial charge on any atom is 0.252 e. The molecule has 30 heavy (non-hydrogen) atoms. The first kappa shape index (κ1) is 20.2. The number of amides is 1. The van der Waals surface area contributed by atoms with Gasteiger partial charge in [0, 0.05) is 11.7 Å². The number of aryl methyl sites for hydroxylation is 1. The van der Waals surface area contributed by atoms with Crippen molar-refractivity contribution < 1.29 is 14.3 Å². The molecule has 158 valence electrons. The Labute approximate surface area is 176 Å². The molecule has 1 aromatic carbocycles. The van der Waals surface area contributed by atoms with Crippen molar-refractivity contribution in [3.8, 4) is 11.5 Å². The highest BCUT2D eigenvalue weighted by atomic mass is 16.6. The van der Waals surface area contributed by atoms with Gasteiger partial charge in [0.05, 0.1) is 23.2 Å². The third kappa shape index (κ3) is 3.72. The molecule has 1 aliphatic heterocycles. The van der Waals surface area contributed by atoms with Crippen LogP contribution in [0.4, 0.5) is 0 Å². The highest BCUT2D eigenvalue weighted by molar-refractivity contribution is 6.05. The molecule has 7 heteroatoms. The van der Waals surface area contributed by atoms with E-state index in [0.29, 0.717) is 18.8 Å². The van der Waals surface area contributed by atoms with Gasteiger partial charge in [0.25, 0.3) is 5.91 Å². The lowest BCUT2D eigenvalue weighted by Crippen LogP contribution is -2.32. The Morgan fingerprint density at radius 3 is 2.53 bits per heavy atom. The maximum absolute atomic E-state index is 13.3. The molecule has 0 spiro atoms. The topological polar surface area (TPSA) is 78.3 Å². The number of fused-ring (bicyclic) bond motifs is 2. The molecule has 0 saturated heterocycles. The van der Waals surface area contributed by atoms with E-state index >= 15 is 0 Å². The van der Waals surface area contributed by atoms with Crippen LogP contribution in [0.25, 0.3) is 11.0 Å². The van der Waals surface area contributed by atoms with Gasteiger partial charge in [0.15, 0.2) is 17.1 Å². The highest BCUT2D eigenvalue weighted by Crippen LogP contribution is 2.34. The van der Waals surface area contributed by atoms with Crippen LogP contribution in [-0.2, 0) is 0 Å². The number of benzene rings is 1. The van der Waals surface area contributed by atoms with Gasteiger partial charge in [-0.25, -0.2) is 9.67 Å². The molecule has 3 heterocycles. The van der Waals surface area contributed by atoms with Crippen LogP contribution in [0.15, 0.2) is 30.5 Å². The Morgan fingerprint density at radius 1 is 1.10 bits per heavy atom. The number of ether oxygens (including phenoxy) is 2. The monoisotopic (exact) mass is 408 g/mol. The van der Waals surface area contributed by atoms with Gasteiger partial charge in [-0.2, -0.15) is 5.10 Å². The van der Waals surface area contributed by atoms with Gasteiger partial charge >= 0.3 is 0 Å². The lowest BCUT2D eigenvalue weighted by molar-refractivity contribution is 0.0927. The van der Waals surface area contributed by atoms with E-state index in [9.17, 15) is 4.79 Å².